The summed E-state index contributed by atoms with van der Waals surface area (Å²) in [5.41, 5.74) is 0. The Hall–Kier alpha value is -1.14. The lowest BCUT2D eigenvalue weighted by Crippen LogP contribution is -2.25. The van der Waals surface area contributed by atoms with Crippen molar-refractivity contribution in [1.82, 2.24) is 0 Å². The van der Waals surface area contributed by atoms with Gasteiger partial charge in [-0.05, 0) is 25.2 Å². The molecule has 0 rings (SSSR count). The highest BCUT2D eigenvalue weighted by atomic mass is 16.4. The summed E-state index contributed by atoms with van der Waals surface area (Å²) in [4.78, 5) is 21.9. The topological polar surface area (TPSA) is 115 Å². The number of carbonyl (C=O) groups is 2. The van der Waals surface area contributed by atoms with Crippen molar-refractivity contribution in [3.8, 4) is 0 Å². The van der Waals surface area contributed by atoms with Crippen LogP contribution in [-0.2, 0) is 9.59 Å². The van der Waals surface area contributed by atoms with Crippen molar-refractivity contribution in [2.75, 3.05) is 6.61 Å². The number of rotatable bonds is 19. The second kappa shape index (κ2) is 17.0. The Morgan fingerprint density at radius 2 is 1.37 bits per heavy atom. The van der Waals surface area contributed by atoms with E-state index in [4.69, 9.17) is 10.2 Å². The fourth-order valence-corrected chi connectivity index (χ4v) is 3.57. The quantitative estimate of drug-likeness (QED) is 0.246. The summed E-state index contributed by atoms with van der Waals surface area (Å²) in [5.74, 6) is -1.85. The molecule has 0 spiro atoms. The lowest BCUT2D eigenvalue weighted by molar-refractivity contribution is -0.144. The van der Waals surface area contributed by atoms with Gasteiger partial charge in [-0.2, -0.15) is 0 Å². The van der Waals surface area contributed by atoms with Gasteiger partial charge in [0, 0.05) is 6.42 Å². The van der Waals surface area contributed by atoms with Gasteiger partial charge >= 0.3 is 11.9 Å². The average Bonchev–Trinajstić information content (AvgIpc) is 2.62. The molecule has 4 N–H and O–H groups in total. The Balaban J connectivity index is 4.10. The summed E-state index contributed by atoms with van der Waals surface area (Å²) in [7, 11) is 0. The Morgan fingerprint density at radius 1 is 0.815 bits per heavy atom. The van der Waals surface area contributed by atoms with E-state index >= 15 is 0 Å². The second-order valence-electron chi connectivity index (χ2n) is 7.76. The fourth-order valence-electron chi connectivity index (χ4n) is 3.57. The van der Waals surface area contributed by atoms with Crippen LogP contribution in [0.15, 0.2) is 0 Å². The minimum atomic E-state index is -0.959. The summed E-state index contributed by atoms with van der Waals surface area (Å²) in [6.07, 6.45) is 11.5. The standard InChI is InChI=1S/C21H40O6/c1-2-3-11-17(14-18(21(26)27)15-19(23)16-22)12-9-7-5-4-6-8-10-13-20(24)25/h17-19,22-23H,2-16H2,1H3,(H,24,25)(H,26,27). The molecule has 0 radical (unpaired) electrons. The number of hydrogen-bond donors (Lipinski definition) is 4. The molecule has 0 aromatic heterocycles. The van der Waals surface area contributed by atoms with E-state index in [1.807, 2.05) is 0 Å². The van der Waals surface area contributed by atoms with Gasteiger partial charge in [0.2, 0.25) is 0 Å². The van der Waals surface area contributed by atoms with Crippen LogP contribution in [0.2, 0.25) is 0 Å². The molecule has 0 aliphatic carbocycles. The minimum Gasteiger partial charge on any atom is -0.481 e. The number of aliphatic carboxylic acids is 2. The Kier molecular flexibility index (Phi) is 16.3. The molecule has 6 nitrogen and oxygen atoms in total. The molecule has 0 aliphatic rings. The van der Waals surface area contributed by atoms with Crippen LogP contribution < -0.4 is 0 Å². The van der Waals surface area contributed by atoms with Crippen molar-refractivity contribution >= 4 is 11.9 Å². The Bertz CT molecular complexity index is 385. The molecule has 0 saturated heterocycles. The molecule has 0 fully saturated rings. The summed E-state index contributed by atoms with van der Waals surface area (Å²) in [5, 5.41) is 36.6. The van der Waals surface area contributed by atoms with Crippen LogP contribution in [-0.4, -0.2) is 45.1 Å². The van der Waals surface area contributed by atoms with Gasteiger partial charge in [-0.3, -0.25) is 9.59 Å². The summed E-state index contributed by atoms with van der Waals surface area (Å²) < 4.78 is 0. The van der Waals surface area contributed by atoms with Gasteiger partial charge in [0.15, 0.2) is 0 Å². The zero-order valence-corrected chi connectivity index (χ0v) is 16.9. The van der Waals surface area contributed by atoms with Crippen molar-refractivity contribution in [3.63, 3.8) is 0 Å². The maximum atomic E-state index is 11.5. The maximum absolute atomic E-state index is 11.5. The molecular formula is C21H40O6. The van der Waals surface area contributed by atoms with Crippen molar-refractivity contribution in [1.29, 1.82) is 0 Å². The first-order chi connectivity index (χ1) is 12.9. The SMILES string of the molecule is CCCCC(CCCCCCCCCC(=O)O)CC(CC(O)CO)C(=O)O. The van der Waals surface area contributed by atoms with Gasteiger partial charge in [0.25, 0.3) is 0 Å². The van der Waals surface area contributed by atoms with Gasteiger partial charge in [-0.25, -0.2) is 0 Å². The van der Waals surface area contributed by atoms with E-state index in [-0.39, 0.29) is 12.8 Å². The van der Waals surface area contributed by atoms with Crippen LogP contribution in [0.25, 0.3) is 0 Å². The zero-order chi connectivity index (χ0) is 20.5. The van der Waals surface area contributed by atoms with Crippen LogP contribution >= 0.6 is 0 Å². The highest BCUT2D eigenvalue weighted by Crippen LogP contribution is 2.27. The van der Waals surface area contributed by atoms with E-state index in [0.717, 1.165) is 70.6 Å². The smallest absolute Gasteiger partial charge is 0.306 e. The monoisotopic (exact) mass is 388 g/mol. The number of carboxylic acid groups (broad SMARTS) is 2. The first-order valence-corrected chi connectivity index (χ1v) is 10.6. The molecule has 0 aliphatic heterocycles. The zero-order valence-electron chi connectivity index (χ0n) is 16.9. The van der Waals surface area contributed by atoms with E-state index in [2.05, 4.69) is 6.92 Å². The maximum Gasteiger partial charge on any atom is 0.306 e. The molecule has 0 bridgehead atoms. The highest BCUT2D eigenvalue weighted by molar-refractivity contribution is 5.70. The van der Waals surface area contributed by atoms with E-state index < -0.39 is 30.6 Å². The number of aliphatic hydroxyl groups excluding tert-OH is 2. The molecule has 0 amide bonds. The number of unbranched alkanes of at least 4 members (excludes halogenated alkanes) is 7. The molecule has 0 heterocycles. The predicted molar refractivity (Wildman–Crippen MR) is 106 cm³/mol. The summed E-state index contributed by atoms with van der Waals surface area (Å²) in [6, 6.07) is 0. The van der Waals surface area contributed by atoms with E-state index in [1.54, 1.807) is 0 Å². The third-order valence-corrected chi connectivity index (χ3v) is 5.20. The average molecular weight is 389 g/mol. The van der Waals surface area contributed by atoms with Crippen LogP contribution in [0.5, 0.6) is 0 Å². The van der Waals surface area contributed by atoms with Gasteiger partial charge in [-0.15, -0.1) is 0 Å². The van der Waals surface area contributed by atoms with Gasteiger partial charge < -0.3 is 20.4 Å². The minimum absolute atomic E-state index is 0.116. The number of carboxylic acids is 2. The van der Waals surface area contributed by atoms with E-state index in [1.165, 1.54) is 0 Å². The first-order valence-electron chi connectivity index (χ1n) is 10.6. The van der Waals surface area contributed by atoms with Crippen LogP contribution in [0.3, 0.4) is 0 Å². The molecule has 160 valence electrons. The van der Waals surface area contributed by atoms with Crippen molar-refractivity contribution in [2.45, 2.75) is 103 Å². The molecule has 27 heavy (non-hydrogen) atoms. The van der Waals surface area contributed by atoms with Crippen molar-refractivity contribution in [2.24, 2.45) is 11.8 Å². The molecule has 0 aromatic rings. The summed E-state index contributed by atoms with van der Waals surface area (Å²) >= 11 is 0. The Labute approximate surface area is 164 Å². The summed E-state index contributed by atoms with van der Waals surface area (Å²) in [6.45, 7) is 1.74. The third kappa shape index (κ3) is 15.6. The molecular weight excluding hydrogens is 348 g/mol. The lowest BCUT2D eigenvalue weighted by Gasteiger charge is -2.22. The van der Waals surface area contributed by atoms with E-state index in [9.17, 15) is 19.8 Å². The fraction of sp³-hybridized carbons (Fsp3) is 0.905. The van der Waals surface area contributed by atoms with Crippen LogP contribution in [0.1, 0.15) is 96.8 Å². The first kappa shape index (κ1) is 25.9. The van der Waals surface area contributed by atoms with Crippen molar-refractivity contribution in [3.05, 3.63) is 0 Å². The van der Waals surface area contributed by atoms with Crippen molar-refractivity contribution < 1.29 is 30.0 Å². The largest absolute Gasteiger partial charge is 0.481 e. The molecule has 0 aromatic carbocycles. The Morgan fingerprint density at radius 3 is 1.89 bits per heavy atom. The van der Waals surface area contributed by atoms with E-state index in [0.29, 0.717) is 12.3 Å². The van der Waals surface area contributed by atoms with Gasteiger partial charge in [0.05, 0.1) is 18.6 Å². The van der Waals surface area contributed by atoms with Gasteiger partial charge in [0.1, 0.15) is 0 Å². The highest BCUT2D eigenvalue weighted by Gasteiger charge is 2.24. The third-order valence-electron chi connectivity index (χ3n) is 5.20. The molecule has 6 heteroatoms. The lowest BCUT2D eigenvalue weighted by atomic mass is 9.84. The second-order valence-corrected chi connectivity index (χ2v) is 7.76. The number of hydrogen-bond acceptors (Lipinski definition) is 4. The number of aliphatic hydroxyl groups is 2. The normalized spacial score (nSPS) is 14.6. The molecule has 0 saturated carbocycles. The van der Waals surface area contributed by atoms with Crippen LogP contribution in [0, 0.1) is 11.8 Å². The van der Waals surface area contributed by atoms with Gasteiger partial charge in [-0.1, -0.05) is 71.1 Å². The predicted octanol–water partition coefficient (Wildman–Crippen LogP) is 4.22. The molecule has 3 atom stereocenters. The van der Waals surface area contributed by atoms with Crippen LogP contribution in [0.4, 0.5) is 0 Å². The molecule has 3 unspecified atom stereocenters.